The fourth-order valence-corrected chi connectivity index (χ4v) is 3.85. The lowest BCUT2D eigenvalue weighted by molar-refractivity contribution is 0.0952. The summed E-state index contributed by atoms with van der Waals surface area (Å²) in [5.41, 5.74) is 9.66. The second-order valence-electron chi connectivity index (χ2n) is 8.46. The minimum absolute atomic E-state index is 0.161. The number of ketones is 1. The Morgan fingerprint density at radius 3 is 2.24 bits per heavy atom. The first-order chi connectivity index (χ1) is 17.9. The largest absolute Gasteiger partial charge is 0.497 e. The highest BCUT2D eigenvalue weighted by molar-refractivity contribution is 6.30. The molecule has 0 spiro atoms. The summed E-state index contributed by atoms with van der Waals surface area (Å²) in [5, 5.41) is 11.3. The van der Waals surface area contributed by atoms with Gasteiger partial charge in [0.15, 0.2) is 11.5 Å². The van der Waals surface area contributed by atoms with Crippen LogP contribution in [0.25, 0.3) is 5.69 Å². The van der Waals surface area contributed by atoms with E-state index < -0.39 is 0 Å². The van der Waals surface area contributed by atoms with Gasteiger partial charge in [-0.3, -0.25) is 9.59 Å². The normalized spacial score (nSPS) is 10.7. The molecule has 0 radical (unpaired) electrons. The number of hydrogen-bond donors (Lipinski definition) is 3. The maximum atomic E-state index is 13.2. The Labute approximate surface area is 220 Å². The molecule has 0 unspecified atom stereocenters. The van der Waals surface area contributed by atoms with Gasteiger partial charge in [0, 0.05) is 29.2 Å². The summed E-state index contributed by atoms with van der Waals surface area (Å²) < 4.78 is 6.72. The van der Waals surface area contributed by atoms with Crippen LogP contribution in [-0.2, 0) is 0 Å². The maximum Gasteiger partial charge on any atom is 0.251 e. The molecule has 0 aliphatic rings. The number of nitrogens with zero attached hydrogens (tertiary/aromatic N) is 2. The molecule has 190 valence electrons. The van der Waals surface area contributed by atoms with E-state index in [1.54, 1.807) is 72.5 Å². The Hall–Kier alpha value is -4.30. The molecular weight excluding hydrogens is 490 g/mol. The number of nitrogens with two attached hydrogens (primary N) is 1. The molecule has 0 aliphatic carbocycles. The summed E-state index contributed by atoms with van der Waals surface area (Å²) >= 11 is 6.06. The molecule has 37 heavy (non-hydrogen) atoms. The number of halogens is 1. The minimum Gasteiger partial charge on any atom is -0.497 e. The molecule has 0 fully saturated rings. The second kappa shape index (κ2) is 11.6. The maximum absolute atomic E-state index is 13.2. The SMILES string of the molecule is COc1ccc(C(=O)NCCCNc2c(N)c(C(=O)c3ccc(C)cc3)nn2-c2ccc(Cl)cc2)cc1. The molecule has 0 saturated carbocycles. The first-order valence-corrected chi connectivity index (χ1v) is 12.2. The average Bonchev–Trinajstić information content (AvgIpc) is 3.24. The van der Waals surface area contributed by atoms with Crippen LogP contribution in [0.3, 0.4) is 0 Å². The van der Waals surface area contributed by atoms with Gasteiger partial charge in [-0.25, -0.2) is 4.68 Å². The van der Waals surface area contributed by atoms with Crippen molar-refractivity contribution in [2.24, 2.45) is 0 Å². The van der Waals surface area contributed by atoms with Crippen molar-refractivity contribution in [2.75, 3.05) is 31.2 Å². The van der Waals surface area contributed by atoms with Gasteiger partial charge in [-0.2, -0.15) is 5.10 Å². The number of ether oxygens (including phenoxy) is 1. The van der Waals surface area contributed by atoms with E-state index in [9.17, 15) is 9.59 Å². The van der Waals surface area contributed by atoms with Gasteiger partial charge in [0.05, 0.1) is 12.8 Å². The highest BCUT2D eigenvalue weighted by Crippen LogP contribution is 2.29. The van der Waals surface area contributed by atoms with Crippen LogP contribution in [0, 0.1) is 6.92 Å². The van der Waals surface area contributed by atoms with Crippen LogP contribution in [0.15, 0.2) is 72.8 Å². The van der Waals surface area contributed by atoms with Crippen molar-refractivity contribution in [1.29, 1.82) is 0 Å². The van der Waals surface area contributed by atoms with Crippen molar-refractivity contribution in [2.45, 2.75) is 13.3 Å². The van der Waals surface area contributed by atoms with Gasteiger partial charge < -0.3 is 21.1 Å². The lowest BCUT2D eigenvalue weighted by Gasteiger charge is -2.11. The number of nitrogen functional groups attached to an aromatic ring is 1. The number of methoxy groups -OCH3 is 1. The van der Waals surface area contributed by atoms with Gasteiger partial charge in [0.25, 0.3) is 5.91 Å². The smallest absolute Gasteiger partial charge is 0.251 e. The first kappa shape index (κ1) is 25.8. The molecule has 1 amide bonds. The number of rotatable bonds is 10. The second-order valence-corrected chi connectivity index (χ2v) is 8.90. The number of nitrogens with one attached hydrogen (secondary N) is 2. The van der Waals surface area contributed by atoms with E-state index in [0.29, 0.717) is 52.9 Å². The molecular formula is C28H28ClN5O3. The van der Waals surface area contributed by atoms with Gasteiger partial charge in [-0.1, -0.05) is 41.4 Å². The number of amides is 1. The number of hydrogen-bond acceptors (Lipinski definition) is 6. The fourth-order valence-electron chi connectivity index (χ4n) is 3.72. The zero-order valence-electron chi connectivity index (χ0n) is 20.6. The Morgan fingerprint density at radius 1 is 0.946 bits per heavy atom. The third-order valence-electron chi connectivity index (χ3n) is 5.81. The molecule has 0 saturated heterocycles. The number of anilines is 2. The summed E-state index contributed by atoms with van der Waals surface area (Å²) in [5.74, 6) is 0.759. The van der Waals surface area contributed by atoms with E-state index in [4.69, 9.17) is 22.1 Å². The standard InChI is InChI=1S/C28H28ClN5O3/c1-18-4-6-19(7-5-18)26(35)25-24(30)27(34(33-25)22-12-10-21(29)11-13-22)31-16-3-17-32-28(36)20-8-14-23(37-2)15-9-20/h4-15,31H,3,16-17,30H2,1-2H3,(H,32,36). The molecule has 4 rings (SSSR count). The van der Waals surface area contributed by atoms with E-state index in [0.717, 1.165) is 5.56 Å². The van der Waals surface area contributed by atoms with Crippen molar-refractivity contribution in [1.82, 2.24) is 15.1 Å². The van der Waals surface area contributed by atoms with Crippen LogP contribution in [0.5, 0.6) is 5.75 Å². The van der Waals surface area contributed by atoms with Gasteiger partial charge in [0.1, 0.15) is 11.4 Å². The van der Waals surface area contributed by atoms with Crippen molar-refractivity contribution >= 4 is 34.8 Å². The predicted molar refractivity (Wildman–Crippen MR) is 146 cm³/mol. The third-order valence-corrected chi connectivity index (χ3v) is 6.06. The molecule has 0 atom stereocenters. The highest BCUT2D eigenvalue weighted by Gasteiger charge is 2.23. The van der Waals surface area contributed by atoms with Crippen LogP contribution in [0.2, 0.25) is 5.02 Å². The molecule has 0 bridgehead atoms. The molecule has 4 aromatic rings. The van der Waals surface area contributed by atoms with E-state index in [1.807, 2.05) is 19.1 Å². The Kier molecular flexibility index (Phi) is 8.10. The van der Waals surface area contributed by atoms with Crippen LogP contribution < -0.4 is 21.1 Å². The number of carbonyl (C=O) groups is 2. The Balaban J connectivity index is 1.47. The predicted octanol–water partition coefficient (Wildman–Crippen LogP) is 4.89. The number of carbonyl (C=O) groups excluding carboxylic acids is 2. The zero-order chi connectivity index (χ0) is 26.4. The van der Waals surface area contributed by atoms with Crippen molar-refractivity contribution in [3.63, 3.8) is 0 Å². The van der Waals surface area contributed by atoms with E-state index in [-0.39, 0.29) is 23.1 Å². The van der Waals surface area contributed by atoms with Gasteiger partial charge in [0.2, 0.25) is 5.78 Å². The first-order valence-electron chi connectivity index (χ1n) is 11.8. The summed E-state index contributed by atoms with van der Waals surface area (Å²) in [6.45, 7) is 2.89. The quantitative estimate of drug-likeness (QED) is 0.204. The minimum atomic E-state index is -0.264. The van der Waals surface area contributed by atoms with E-state index in [2.05, 4.69) is 15.7 Å². The molecule has 8 nitrogen and oxygen atoms in total. The third kappa shape index (κ3) is 6.10. The van der Waals surface area contributed by atoms with Crippen LogP contribution >= 0.6 is 11.6 Å². The lowest BCUT2D eigenvalue weighted by atomic mass is 10.1. The van der Waals surface area contributed by atoms with Gasteiger partial charge >= 0.3 is 0 Å². The molecule has 1 aromatic heterocycles. The molecule has 4 N–H and O–H groups in total. The van der Waals surface area contributed by atoms with Crippen LogP contribution in [-0.4, -0.2) is 41.7 Å². The number of aromatic nitrogens is 2. The van der Waals surface area contributed by atoms with Crippen LogP contribution in [0.1, 0.15) is 38.4 Å². The Morgan fingerprint density at radius 2 is 1.59 bits per heavy atom. The summed E-state index contributed by atoms with van der Waals surface area (Å²) in [7, 11) is 1.58. The summed E-state index contributed by atoms with van der Waals surface area (Å²) in [4.78, 5) is 25.6. The van der Waals surface area contributed by atoms with Gasteiger partial charge in [-0.05, 0) is 61.9 Å². The molecule has 3 aromatic carbocycles. The highest BCUT2D eigenvalue weighted by atomic mass is 35.5. The molecule has 0 aliphatic heterocycles. The van der Waals surface area contributed by atoms with E-state index in [1.165, 1.54) is 0 Å². The van der Waals surface area contributed by atoms with Crippen molar-refractivity contribution in [3.8, 4) is 11.4 Å². The van der Waals surface area contributed by atoms with Crippen molar-refractivity contribution < 1.29 is 14.3 Å². The topological polar surface area (TPSA) is 111 Å². The average molecular weight is 518 g/mol. The van der Waals surface area contributed by atoms with E-state index >= 15 is 0 Å². The Bertz CT molecular complexity index is 1380. The van der Waals surface area contributed by atoms with Crippen molar-refractivity contribution in [3.05, 3.63) is 100 Å². The van der Waals surface area contributed by atoms with Gasteiger partial charge in [-0.15, -0.1) is 0 Å². The number of benzene rings is 3. The fraction of sp³-hybridized carbons (Fsp3) is 0.179. The monoisotopic (exact) mass is 517 g/mol. The summed E-state index contributed by atoms with van der Waals surface area (Å²) in [6, 6.07) is 21.3. The lowest BCUT2D eigenvalue weighted by Crippen LogP contribution is -2.26. The molecule has 1 heterocycles. The summed E-state index contributed by atoms with van der Waals surface area (Å²) in [6.07, 6.45) is 0.619. The zero-order valence-corrected chi connectivity index (χ0v) is 21.4. The van der Waals surface area contributed by atoms with Crippen LogP contribution in [0.4, 0.5) is 11.5 Å². The molecule has 9 heteroatoms. The number of aryl methyl sites for hydroxylation is 1.